The molecule has 0 rings (SSSR count). The summed E-state index contributed by atoms with van der Waals surface area (Å²) in [6.45, 7) is 0. The zero-order chi connectivity index (χ0) is 9.52. The first-order valence-corrected chi connectivity index (χ1v) is 11.4. The van der Waals surface area contributed by atoms with E-state index in [1.165, 1.54) is 0 Å². The maximum absolute atomic E-state index is 9.89. The van der Waals surface area contributed by atoms with Crippen LogP contribution in [0.3, 0.4) is 0 Å². The fourth-order valence-corrected chi connectivity index (χ4v) is 14.7. The zero-order valence-electron chi connectivity index (χ0n) is 8.12. The number of rotatable bonds is 0. The Morgan fingerprint density at radius 3 is 1.27 bits per heavy atom. The monoisotopic (exact) mass is 220 g/mol. The summed E-state index contributed by atoms with van der Waals surface area (Å²) in [5, 5.41) is 0. The maximum atomic E-state index is 9.89. The Morgan fingerprint density at radius 1 is 1.00 bits per heavy atom. The predicted octanol–water partition coefficient (Wildman–Crippen LogP) is 1.00. The summed E-state index contributed by atoms with van der Waals surface area (Å²) in [6, 6.07) is 0. The molecule has 0 aromatic carbocycles. The van der Waals surface area contributed by atoms with Crippen molar-refractivity contribution in [2.75, 3.05) is 37.5 Å². The van der Waals surface area contributed by atoms with Crippen LogP contribution in [0.25, 0.3) is 0 Å². The molecule has 0 unspecified atom stereocenters. The minimum atomic E-state index is -2.38. The molecule has 2 nitrogen and oxygen atoms in total. The van der Waals surface area contributed by atoms with E-state index < -0.39 is 15.4 Å². The van der Waals surface area contributed by atoms with Gasteiger partial charge in [0.15, 0.2) is 0 Å². The molecule has 0 amide bonds. The summed E-state index contributed by atoms with van der Waals surface area (Å²) < 4.78 is 19.8. The van der Waals surface area contributed by atoms with Crippen molar-refractivity contribution in [2.45, 2.75) is 0 Å². The second-order valence-electron chi connectivity index (χ2n) is 4.31. The van der Waals surface area contributed by atoms with Crippen LogP contribution in [0.15, 0.2) is 0 Å². The summed E-state index contributed by atoms with van der Waals surface area (Å²) in [6.07, 6.45) is 11.7. The smallest absolute Gasteiger partial charge is 0.0368 e. The molecule has 0 atom stereocenters. The minimum Gasteiger partial charge on any atom is -0.314 e. The highest BCUT2D eigenvalue weighted by Gasteiger charge is 2.16. The van der Waals surface area contributed by atoms with Crippen LogP contribution in [0.4, 0.5) is 0 Å². The minimum absolute atomic E-state index is 0.292. The Morgan fingerprint density at radius 2 is 1.27 bits per heavy atom. The lowest BCUT2D eigenvalue weighted by molar-refractivity contribution is 0.524. The molecule has 0 aromatic heterocycles. The van der Waals surface area contributed by atoms with Gasteiger partial charge in [0.1, 0.15) is 0 Å². The SMILES string of the molecule is CS(C)=S(O)(O)=S(C)(C)(C)C. The third-order valence-corrected chi connectivity index (χ3v) is 19.1. The molecule has 0 saturated heterocycles. The van der Waals surface area contributed by atoms with E-state index in [9.17, 15) is 9.11 Å². The van der Waals surface area contributed by atoms with E-state index in [0.29, 0.717) is 0 Å². The Labute approximate surface area is 71.7 Å². The average Bonchev–Trinajstić information content (AvgIpc) is 1.59. The molecule has 0 fully saturated rings. The van der Waals surface area contributed by atoms with Crippen molar-refractivity contribution < 1.29 is 9.11 Å². The van der Waals surface area contributed by atoms with E-state index in [1.54, 1.807) is 0 Å². The van der Waals surface area contributed by atoms with Gasteiger partial charge in [0, 0.05) is 7.71 Å². The van der Waals surface area contributed by atoms with Crippen molar-refractivity contribution in [3.05, 3.63) is 0 Å². The number of hydrogen-bond donors (Lipinski definition) is 2. The van der Waals surface area contributed by atoms with E-state index in [2.05, 4.69) is 0 Å². The summed E-state index contributed by atoms with van der Waals surface area (Å²) in [5.74, 6) is 0. The Hall–Kier alpha value is 0.970. The van der Waals surface area contributed by atoms with Crippen LogP contribution in [0.1, 0.15) is 0 Å². The number of hydrogen-bond acceptors (Lipinski definition) is 0. The van der Waals surface area contributed by atoms with Crippen LogP contribution >= 0.6 is 0 Å². The molecule has 0 aromatic rings. The van der Waals surface area contributed by atoms with Crippen molar-refractivity contribution in [3.63, 3.8) is 0 Å². The van der Waals surface area contributed by atoms with Crippen LogP contribution in [0.2, 0.25) is 0 Å². The van der Waals surface area contributed by atoms with Crippen molar-refractivity contribution in [1.82, 2.24) is 0 Å². The first-order chi connectivity index (χ1) is 4.46. The van der Waals surface area contributed by atoms with Gasteiger partial charge < -0.3 is 9.11 Å². The van der Waals surface area contributed by atoms with Crippen molar-refractivity contribution in [1.29, 1.82) is 0 Å². The quantitative estimate of drug-likeness (QED) is 0.639. The van der Waals surface area contributed by atoms with Crippen LogP contribution in [-0.4, -0.2) is 46.6 Å². The highest BCUT2D eigenvalue weighted by atomic mass is 33.2. The molecule has 5 heteroatoms. The van der Waals surface area contributed by atoms with Gasteiger partial charge in [0.25, 0.3) is 0 Å². The highest BCUT2D eigenvalue weighted by molar-refractivity contribution is 8.77. The van der Waals surface area contributed by atoms with Gasteiger partial charge >= 0.3 is 0 Å². The molecule has 74 valence electrons. The van der Waals surface area contributed by atoms with Gasteiger partial charge in [0.2, 0.25) is 0 Å². The molecule has 0 aliphatic carbocycles. The van der Waals surface area contributed by atoms with Crippen molar-refractivity contribution >= 4 is 24.9 Å². The second kappa shape index (κ2) is 2.73. The summed E-state index contributed by atoms with van der Waals surface area (Å²) in [4.78, 5) is 0. The van der Waals surface area contributed by atoms with Crippen LogP contribution in [0, 0.1) is 0 Å². The Balaban J connectivity index is 6.36. The van der Waals surface area contributed by atoms with E-state index in [4.69, 9.17) is 0 Å². The molecule has 0 heterocycles. The van der Waals surface area contributed by atoms with Gasteiger partial charge in [-0.1, -0.05) is 0 Å². The first-order valence-electron chi connectivity index (χ1n) is 3.15. The topological polar surface area (TPSA) is 40.5 Å². The zero-order valence-corrected chi connectivity index (χ0v) is 10.6. The van der Waals surface area contributed by atoms with Crippen LogP contribution in [-0.2, 0) is 24.9 Å². The molecular weight excluding hydrogens is 200 g/mol. The van der Waals surface area contributed by atoms with Gasteiger partial charge in [-0.25, -0.2) is 0 Å². The molecule has 0 radical (unpaired) electrons. The summed E-state index contributed by atoms with van der Waals surface area (Å²) in [5.41, 5.74) is 0. The standard InChI is InChI=1S/C6H20O2S3/c1-9(2)10(7,8)11(3,4,5)6/h7-8H,1-6H3. The molecule has 0 spiro atoms. The third kappa shape index (κ3) is 2.45. The largest absolute Gasteiger partial charge is 0.314 e. The van der Waals surface area contributed by atoms with E-state index in [-0.39, 0.29) is 9.45 Å². The van der Waals surface area contributed by atoms with Gasteiger partial charge in [0.05, 0.1) is 0 Å². The Kier molecular flexibility index (Phi) is 2.98. The van der Waals surface area contributed by atoms with Gasteiger partial charge in [-0.15, -0.1) is 9.45 Å². The van der Waals surface area contributed by atoms with Gasteiger partial charge in [-0.3, -0.25) is 0 Å². The first kappa shape index (κ1) is 12.0. The molecule has 0 aliphatic rings. The lowest BCUT2D eigenvalue weighted by Gasteiger charge is -2.37. The van der Waals surface area contributed by atoms with Crippen LogP contribution < -0.4 is 0 Å². The van der Waals surface area contributed by atoms with E-state index in [1.807, 2.05) is 37.5 Å². The molecule has 11 heavy (non-hydrogen) atoms. The van der Waals surface area contributed by atoms with Crippen molar-refractivity contribution in [3.8, 4) is 0 Å². The Bertz CT molecular complexity index is 290. The van der Waals surface area contributed by atoms with Gasteiger partial charge in [-0.2, -0.15) is 7.72 Å². The normalized spacial score (nSPS) is 18.1. The molecule has 2 N–H and O–H groups in total. The molecule has 0 saturated carbocycles. The fraction of sp³-hybridized carbons (Fsp3) is 1.00. The second-order valence-corrected chi connectivity index (χ2v) is 22.3. The lowest BCUT2D eigenvalue weighted by atomic mass is 11.8. The average molecular weight is 220 g/mol. The third-order valence-electron chi connectivity index (χ3n) is 1.30. The van der Waals surface area contributed by atoms with Gasteiger partial charge in [-0.05, 0) is 37.5 Å². The lowest BCUT2D eigenvalue weighted by Crippen LogP contribution is -2.35. The molecule has 0 aliphatic heterocycles. The maximum Gasteiger partial charge on any atom is 0.0368 e. The summed E-state index contributed by atoms with van der Waals surface area (Å²) >= 11 is 0. The van der Waals surface area contributed by atoms with E-state index >= 15 is 0 Å². The van der Waals surface area contributed by atoms with Crippen LogP contribution in [0.5, 0.6) is 0 Å². The van der Waals surface area contributed by atoms with E-state index in [0.717, 1.165) is 0 Å². The molecule has 0 bridgehead atoms. The molecular formula is C6H20O2S3. The highest BCUT2D eigenvalue weighted by Crippen LogP contribution is 2.18. The van der Waals surface area contributed by atoms with Crippen molar-refractivity contribution in [2.24, 2.45) is 0 Å². The fourth-order valence-electron chi connectivity index (χ4n) is 0.544. The summed E-state index contributed by atoms with van der Waals surface area (Å²) in [7, 11) is -4.63. The predicted molar refractivity (Wildman–Crippen MR) is 62.9 cm³/mol.